The molecule has 0 saturated carbocycles. The molecule has 0 spiro atoms. The Morgan fingerprint density at radius 2 is 2.00 bits per heavy atom. The van der Waals surface area contributed by atoms with Crippen molar-refractivity contribution < 1.29 is 4.79 Å². The highest BCUT2D eigenvalue weighted by Gasteiger charge is 2.40. The summed E-state index contributed by atoms with van der Waals surface area (Å²) in [6.07, 6.45) is 12.4. The van der Waals surface area contributed by atoms with Gasteiger partial charge in [-0.1, -0.05) is 36.0 Å². The van der Waals surface area contributed by atoms with Crippen molar-refractivity contribution in [3.63, 3.8) is 0 Å². The van der Waals surface area contributed by atoms with Crippen LogP contribution in [0.5, 0.6) is 0 Å². The standard InChI is InChI=1S/C24H31NO/c1-7-16(3)18(5)17(4)15-20(8-2)24(6)14-13-19-9-10-21(25)11-12-22(19)23(24)26/h7,9,11-12,15H,8,13-14,25H2,1-6H3/b16-7+,18-17-,20-15+. The highest BCUT2D eigenvalue weighted by atomic mass is 16.1. The third-order valence-corrected chi connectivity index (χ3v) is 5.93. The number of Topliss-reactive ketones (excluding diaryl/α,β-unsaturated/α-hetero) is 1. The van der Waals surface area contributed by atoms with Gasteiger partial charge in [0, 0.05) is 5.57 Å². The molecule has 1 unspecified atom stereocenters. The second kappa shape index (κ2) is 7.93. The first-order chi connectivity index (χ1) is 12.2. The molecule has 0 radical (unpaired) electrons. The summed E-state index contributed by atoms with van der Waals surface area (Å²) in [7, 11) is 0. The van der Waals surface area contributed by atoms with Gasteiger partial charge in [-0.05, 0) is 88.8 Å². The number of hydrogen-bond donors (Lipinski definition) is 1. The van der Waals surface area contributed by atoms with E-state index in [4.69, 9.17) is 5.73 Å². The van der Waals surface area contributed by atoms with Gasteiger partial charge in [0.15, 0.2) is 5.78 Å². The maximum atomic E-state index is 13.4. The lowest BCUT2D eigenvalue weighted by molar-refractivity contribution is -0.122. The average molecular weight is 350 g/mol. The number of allylic oxidation sites excluding steroid dienone is 10. The van der Waals surface area contributed by atoms with Gasteiger partial charge >= 0.3 is 0 Å². The molecule has 26 heavy (non-hydrogen) atoms. The lowest BCUT2D eigenvalue weighted by atomic mass is 9.66. The first-order valence-electron chi connectivity index (χ1n) is 9.44. The van der Waals surface area contributed by atoms with Crippen LogP contribution >= 0.6 is 0 Å². The molecule has 2 aliphatic rings. The minimum atomic E-state index is -0.462. The Kier molecular flexibility index (Phi) is 6.10. The van der Waals surface area contributed by atoms with Gasteiger partial charge in [0.2, 0.25) is 0 Å². The molecule has 2 N–H and O–H groups in total. The predicted octanol–water partition coefficient (Wildman–Crippen LogP) is 5.86. The smallest absolute Gasteiger partial charge is 0.173 e. The first kappa shape index (κ1) is 20.0. The number of carbonyl (C=O) groups is 1. The summed E-state index contributed by atoms with van der Waals surface area (Å²) in [5.74, 6) is 0.198. The van der Waals surface area contributed by atoms with E-state index in [1.807, 2.05) is 12.2 Å². The summed E-state index contributed by atoms with van der Waals surface area (Å²) in [6.45, 7) is 12.7. The summed E-state index contributed by atoms with van der Waals surface area (Å²) >= 11 is 0. The maximum Gasteiger partial charge on any atom is 0.173 e. The Morgan fingerprint density at radius 1 is 1.31 bits per heavy atom. The molecule has 0 bridgehead atoms. The van der Waals surface area contributed by atoms with Crippen molar-refractivity contribution in [1.82, 2.24) is 0 Å². The van der Waals surface area contributed by atoms with Crippen LogP contribution in [0, 0.1) is 5.41 Å². The molecule has 0 saturated heterocycles. The molecule has 0 aromatic carbocycles. The lowest BCUT2D eigenvalue weighted by Crippen LogP contribution is -2.34. The van der Waals surface area contributed by atoms with E-state index in [1.165, 1.54) is 22.3 Å². The number of rotatable bonds is 4. The fraction of sp³-hybridized carbons (Fsp3) is 0.417. The van der Waals surface area contributed by atoms with E-state index in [0.29, 0.717) is 5.70 Å². The zero-order valence-electron chi connectivity index (χ0n) is 17.0. The summed E-state index contributed by atoms with van der Waals surface area (Å²) in [4.78, 5) is 13.4. The molecule has 0 aliphatic heterocycles. The molecule has 0 heterocycles. The Bertz CT molecular complexity index is 835. The van der Waals surface area contributed by atoms with Crippen molar-refractivity contribution >= 4 is 5.78 Å². The van der Waals surface area contributed by atoms with Gasteiger partial charge in [0.25, 0.3) is 0 Å². The Morgan fingerprint density at radius 3 is 2.62 bits per heavy atom. The maximum absolute atomic E-state index is 13.4. The Labute approximate surface area is 158 Å². The molecule has 2 rings (SSSR count). The lowest BCUT2D eigenvalue weighted by Gasteiger charge is -2.35. The zero-order chi connectivity index (χ0) is 19.5. The molecule has 0 amide bonds. The fourth-order valence-corrected chi connectivity index (χ4v) is 3.66. The number of nitrogens with two attached hydrogens (primary N) is 1. The highest BCUT2D eigenvalue weighted by molar-refractivity contribution is 6.06. The van der Waals surface area contributed by atoms with E-state index in [9.17, 15) is 4.79 Å². The van der Waals surface area contributed by atoms with Crippen molar-refractivity contribution in [3.05, 3.63) is 75.2 Å². The number of carbonyl (C=O) groups excluding carboxylic acids is 1. The average Bonchev–Trinajstić information content (AvgIpc) is 2.83. The van der Waals surface area contributed by atoms with E-state index in [2.05, 4.69) is 59.4 Å². The second-order valence-corrected chi connectivity index (χ2v) is 7.48. The predicted molar refractivity (Wildman–Crippen MR) is 110 cm³/mol. The van der Waals surface area contributed by atoms with Crippen LogP contribution < -0.4 is 5.73 Å². The van der Waals surface area contributed by atoms with Crippen molar-refractivity contribution in [2.45, 2.75) is 60.8 Å². The third-order valence-electron chi connectivity index (χ3n) is 5.93. The van der Waals surface area contributed by atoms with Crippen LogP contribution in [0.4, 0.5) is 0 Å². The quantitative estimate of drug-likeness (QED) is 0.510. The van der Waals surface area contributed by atoms with Gasteiger partial charge in [-0.2, -0.15) is 0 Å². The summed E-state index contributed by atoms with van der Waals surface area (Å²) in [5.41, 5.74) is 15.8. The Hall–Kier alpha value is -2.31. The minimum absolute atomic E-state index is 0.198. The number of hydrogen-bond acceptors (Lipinski definition) is 2. The van der Waals surface area contributed by atoms with E-state index < -0.39 is 5.41 Å². The highest BCUT2D eigenvalue weighted by Crippen LogP contribution is 2.44. The van der Waals surface area contributed by atoms with Crippen molar-refractivity contribution in [2.75, 3.05) is 0 Å². The zero-order valence-corrected chi connectivity index (χ0v) is 17.0. The summed E-state index contributed by atoms with van der Waals surface area (Å²) < 4.78 is 0. The monoisotopic (exact) mass is 349 g/mol. The van der Waals surface area contributed by atoms with Crippen LogP contribution in [-0.2, 0) is 4.79 Å². The summed E-state index contributed by atoms with van der Waals surface area (Å²) in [6, 6.07) is 0. The molecule has 138 valence electrons. The van der Waals surface area contributed by atoms with Crippen LogP contribution in [0.2, 0.25) is 0 Å². The van der Waals surface area contributed by atoms with Crippen molar-refractivity contribution in [3.8, 4) is 0 Å². The summed E-state index contributed by atoms with van der Waals surface area (Å²) in [5, 5.41) is 0. The van der Waals surface area contributed by atoms with Gasteiger partial charge in [0.05, 0.1) is 11.1 Å². The molecular weight excluding hydrogens is 318 g/mol. The first-order valence-corrected chi connectivity index (χ1v) is 9.44. The third kappa shape index (κ3) is 3.76. The number of ketones is 1. The van der Waals surface area contributed by atoms with Crippen molar-refractivity contribution in [1.29, 1.82) is 0 Å². The SMILES string of the molecule is C/C=C(C)/C(C)=C(C)\C=C(/CC)C1(C)CCC2=C(C=CC(N)=C=C2)C1=O. The molecule has 0 aromatic rings. The Balaban J connectivity index is 2.48. The van der Waals surface area contributed by atoms with Crippen LogP contribution in [-0.4, -0.2) is 5.78 Å². The van der Waals surface area contributed by atoms with Gasteiger partial charge in [-0.25, -0.2) is 0 Å². The molecule has 2 aliphatic carbocycles. The van der Waals surface area contributed by atoms with E-state index >= 15 is 0 Å². The van der Waals surface area contributed by atoms with E-state index in [0.717, 1.165) is 30.4 Å². The second-order valence-electron chi connectivity index (χ2n) is 7.48. The molecule has 2 heteroatoms. The molecule has 2 nitrogen and oxygen atoms in total. The molecule has 1 atom stereocenters. The largest absolute Gasteiger partial charge is 0.392 e. The van der Waals surface area contributed by atoms with Gasteiger partial charge in [-0.15, -0.1) is 0 Å². The molecular formula is C24H31NO. The normalized spacial score (nSPS) is 25.0. The van der Waals surface area contributed by atoms with Gasteiger partial charge in [-0.3, -0.25) is 4.79 Å². The van der Waals surface area contributed by atoms with Crippen LogP contribution in [0.25, 0.3) is 0 Å². The van der Waals surface area contributed by atoms with Gasteiger partial charge < -0.3 is 5.73 Å². The van der Waals surface area contributed by atoms with E-state index in [1.54, 1.807) is 6.08 Å². The van der Waals surface area contributed by atoms with Gasteiger partial charge in [0.1, 0.15) is 0 Å². The minimum Gasteiger partial charge on any atom is -0.392 e. The molecule has 0 fully saturated rings. The van der Waals surface area contributed by atoms with Crippen LogP contribution in [0.1, 0.15) is 60.8 Å². The fourth-order valence-electron chi connectivity index (χ4n) is 3.66. The molecule has 0 aromatic heterocycles. The van der Waals surface area contributed by atoms with Crippen LogP contribution in [0.15, 0.2) is 75.2 Å². The van der Waals surface area contributed by atoms with Crippen molar-refractivity contribution in [2.24, 2.45) is 11.1 Å². The van der Waals surface area contributed by atoms with Crippen LogP contribution in [0.3, 0.4) is 0 Å². The topological polar surface area (TPSA) is 43.1 Å². The van der Waals surface area contributed by atoms with E-state index in [-0.39, 0.29) is 5.78 Å².